The van der Waals surface area contributed by atoms with Crippen molar-refractivity contribution in [2.45, 2.75) is 80.4 Å². The number of allylic oxidation sites excluding steroid dienone is 8. The fraction of sp³-hybridized carbons (Fsp3) is 0.405. The van der Waals surface area contributed by atoms with Crippen LogP contribution in [0, 0.1) is 0 Å². The third-order valence-corrected chi connectivity index (χ3v) is 11.2. The van der Waals surface area contributed by atoms with Crippen LogP contribution < -0.4 is 10.2 Å². The molecule has 1 amide bonds. The van der Waals surface area contributed by atoms with E-state index in [1.165, 1.54) is 24.3 Å². The molecule has 13 nitrogen and oxygen atoms in total. The lowest BCUT2D eigenvalue weighted by molar-refractivity contribution is -0.401. The molecule has 15 heteroatoms. The fourth-order valence-electron chi connectivity index (χ4n) is 6.76. The summed E-state index contributed by atoms with van der Waals surface area (Å²) in [7, 11) is -6.80. The number of nitrogens with zero attached hydrogens (tertiary/aromatic N) is 5. The standard InChI is InChI=1S/C37H46N6O7S2/c1-36(2)29-25-27(51(45,46)47)18-20-31(29)42(5)33(36)15-10-7-6-8-11-16-34-37(3,4)30-26-28(52(48,49)50)19-21-32(30)43(34)24-13-9-12-17-35(44)39-22-14-23-40-41-38/h6-8,10-11,15-16,18-21,25-26H,9,12-14,17,22-24H2,1-5H3,(H2-,39,44,45,46,47,48,49,50)/p+1. The number of azide groups is 1. The molecule has 0 atom stereocenters. The Balaban J connectivity index is 1.45. The first-order valence-corrected chi connectivity index (χ1v) is 19.9. The molecule has 0 aliphatic carbocycles. The normalized spacial score (nSPS) is 17.4. The summed E-state index contributed by atoms with van der Waals surface area (Å²) in [5.41, 5.74) is 12.5. The number of anilines is 1. The van der Waals surface area contributed by atoms with Gasteiger partial charge >= 0.3 is 0 Å². The highest BCUT2D eigenvalue weighted by atomic mass is 32.2. The Kier molecular flexibility index (Phi) is 12.7. The molecule has 2 heterocycles. The summed E-state index contributed by atoms with van der Waals surface area (Å²) in [4.78, 5) is 16.7. The Bertz CT molecular complexity index is 2130. The summed E-state index contributed by atoms with van der Waals surface area (Å²) in [6, 6.07) is 9.27. The van der Waals surface area contributed by atoms with Crippen LogP contribution in [0.4, 0.5) is 11.4 Å². The highest BCUT2D eigenvalue weighted by molar-refractivity contribution is 7.86. The maximum atomic E-state index is 12.2. The number of hydrogen-bond donors (Lipinski definition) is 3. The molecule has 52 heavy (non-hydrogen) atoms. The van der Waals surface area contributed by atoms with Crippen molar-refractivity contribution in [1.29, 1.82) is 0 Å². The molecule has 0 unspecified atom stereocenters. The summed E-state index contributed by atoms with van der Waals surface area (Å²) in [5, 5.41) is 6.29. The van der Waals surface area contributed by atoms with Gasteiger partial charge in [0.25, 0.3) is 20.2 Å². The van der Waals surface area contributed by atoms with Crippen LogP contribution in [0.25, 0.3) is 10.4 Å². The third-order valence-electron chi connectivity index (χ3n) is 9.52. The van der Waals surface area contributed by atoms with E-state index in [2.05, 4.69) is 20.2 Å². The van der Waals surface area contributed by atoms with E-state index < -0.39 is 31.1 Å². The van der Waals surface area contributed by atoms with E-state index in [9.17, 15) is 30.7 Å². The Hall–Kier alpha value is -4.53. The van der Waals surface area contributed by atoms with Crippen LogP contribution in [0.3, 0.4) is 0 Å². The number of fused-ring (bicyclic) bond motifs is 2. The quantitative estimate of drug-likeness (QED) is 0.0313. The van der Waals surface area contributed by atoms with Crippen molar-refractivity contribution in [3.8, 4) is 0 Å². The highest BCUT2D eigenvalue weighted by Gasteiger charge is 2.43. The van der Waals surface area contributed by atoms with Crippen molar-refractivity contribution in [3.05, 3.63) is 106 Å². The molecule has 4 rings (SSSR count). The van der Waals surface area contributed by atoms with Crippen LogP contribution >= 0.6 is 0 Å². The number of unbranched alkanes of at least 4 members (excludes halogenated alkanes) is 2. The van der Waals surface area contributed by atoms with Gasteiger partial charge in [0, 0.05) is 65.5 Å². The van der Waals surface area contributed by atoms with E-state index >= 15 is 0 Å². The van der Waals surface area contributed by atoms with Gasteiger partial charge < -0.3 is 10.2 Å². The first-order chi connectivity index (χ1) is 24.4. The van der Waals surface area contributed by atoms with Gasteiger partial charge in [-0.25, -0.2) is 0 Å². The lowest BCUT2D eigenvalue weighted by atomic mass is 9.81. The van der Waals surface area contributed by atoms with Crippen LogP contribution in [-0.2, 0) is 35.9 Å². The second-order valence-electron chi connectivity index (χ2n) is 13.8. The van der Waals surface area contributed by atoms with Gasteiger partial charge in [-0.15, -0.1) is 0 Å². The molecular weight excluding hydrogens is 705 g/mol. The number of benzene rings is 2. The molecule has 2 aromatic rings. The average Bonchev–Trinajstić information content (AvgIpc) is 3.40. The first-order valence-electron chi connectivity index (χ1n) is 17.0. The Morgan fingerprint density at radius 1 is 0.885 bits per heavy atom. The van der Waals surface area contributed by atoms with Crippen molar-refractivity contribution in [1.82, 2.24) is 5.32 Å². The molecule has 2 aliphatic rings. The Morgan fingerprint density at radius 3 is 2.19 bits per heavy atom. The minimum Gasteiger partial charge on any atom is -0.356 e. The third kappa shape index (κ3) is 9.27. The molecule has 0 saturated heterocycles. The van der Waals surface area contributed by atoms with E-state index in [1.54, 1.807) is 12.1 Å². The molecule has 0 radical (unpaired) electrons. The lowest BCUT2D eigenvalue weighted by Gasteiger charge is -2.27. The van der Waals surface area contributed by atoms with E-state index in [0.717, 1.165) is 46.8 Å². The largest absolute Gasteiger partial charge is 0.356 e. The molecule has 0 aromatic heterocycles. The summed E-state index contributed by atoms with van der Waals surface area (Å²) in [6.07, 6.45) is 16.7. The van der Waals surface area contributed by atoms with Gasteiger partial charge in [-0.3, -0.25) is 13.9 Å². The number of nitrogens with one attached hydrogen (secondary N) is 1. The van der Waals surface area contributed by atoms with E-state index in [4.69, 9.17) is 5.53 Å². The summed E-state index contributed by atoms with van der Waals surface area (Å²) < 4.78 is 68.7. The van der Waals surface area contributed by atoms with Gasteiger partial charge in [0.05, 0.1) is 15.2 Å². The summed E-state index contributed by atoms with van der Waals surface area (Å²) >= 11 is 0. The van der Waals surface area contributed by atoms with E-state index in [0.29, 0.717) is 38.9 Å². The maximum Gasteiger partial charge on any atom is 0.294 e. The second kappa shape index (κ2) is 16.4. The van der Waals surface area contributed by atoms with Gasteiger partial charge in [-0.05, 0) is 80.6 Å². The fourth-order valence-corrected chi connectivity index (χ4v) is 7.77. The van der Waals surface area contributed by atoms with Crippen LogP contribution in [0.5, 0.6) is 0 Å². The van der Waals surface area contributed by atoms with Crippen molar-refractivity contribution in [3.63, 3.8) is 0 Å². The molecule has 0 spiro atoms. The SMILES string of the molecule is C[N+]1=C(/C=C/C=C/C=C/C=C2/N(CCCCCC(=O)NCCCN=[N+]=[N-])c3ccc(S(=O)(=O)O)cc3C2(C)C)C(C)(C)c2cc(S(=O)(=O)O)ccc21. The molecular formula is C37H47N6O7S2+. The maximum absolute atomic E-state index is 12.2. The molecule has 0 bridgehead atoms. The average molecular weight is 752 g/mol. The highest BCUT2D eigenvalue weighted by Crippen LogP contribution is 2.48. The van der Waals surface area contributed by atoms with Crippen LogP contribution in [-0.4, -0.2) is 68.8 Å². The number of rotatable bonds is 16. The molecule has 278 valence electrons. The number of amides is 1. The number of carbonyl (C=O) groups is 1. The molecule has 2 aliphatic heterocycles. The lowest BCUT2D eigenvalue weighted by Crippen LogP contribution is -2.27. The van der Waals surface area contributed by atoms with Gasteiger partial charge in [0.1, 0.15) is 7.05 Å². The van der Waals surface area contributed by atoms with Gasteiger partial charge in [-0.2, -0.15) is 21.4 Å². The van der Waals surface area contributed by atoms with Crippen molar-refractivity contribution in [2.75, 3.05) is 31.6 Å². The van der Waals surface area contributed by atoms with Crippen LogP contribution in [0.1, 0.15) is 70.9 Å². The van der Waals surface area contributed by atoms with Crippen LogP contribution in [0.2, 0.25) is 0 Å². The monoisotopic (exact) mass is 751 g/mol. The zero-order chi connectivity index (χ0) is 38.3. The molecule has 0 saturated carbocycles. The minimum absolute atomic E-state index is 0.0446. The topological polar surface area (TPSA) is 193 Å². The predicted octanol–water partition coefficient (Wildman–Crippen LogP) is 6.91. The van der Waals surface area contributed by atoms with E-state index in [1.807, 2.05) is 81.9 Å². The van der Waals surface area contributed by atoms with Crippen LogP contribution in [0.15, 0.2) is 99.5 Å². The van der Waals surface area contributed by atoms with Gasteiger partial charge in [-0.1, -0.05) is 55.8 Å². The molecule has 0 fully saturated rings. The predicted molar refractivity (Wildman–Crippen MR) is 202 cm³/mol. The summed E-state index contributed by atoms with van der Waals surface area (Å²) in [5.74, 6) is -0.0446. The Labute approximate surface area is 306 Å². The summed E-state index contributed by atoms with van der Waals surface area (Å²) in [6.45, 7) is 9.47. The minimum atomic E-state index is -4.39. The zero-order valence-electron chi connectivity index (χ0n) is 30.2. The van der Waals surface area contributed by atoms with Gasteiger partial charge in [0.2, 0.25) is 11.6 Å². The molecule has 2 aromatic carbocycles. The first kappa shape index (κ1) is 40.2. The Morgan fingerprint density at radius 2 is 1.52 bits per heavy atom. The molecule has 3 N–H and O–H groups in total. The zero-order valence-corrected chi connectivity index (χ0v) is 31.8. The van der Waals surface area contributed by atoms with Gasteiger partial charge in [0.15, 0.2) is 5.71 Å². The smallest absolute Gasteiger partial charge is 0.294 e. The second-order valence-corrected chi connectivity index (χ2v) is 16.6. The number of hydrogen-bond acceptors (Lipinski definition) is 7. The van der Waals surface area contributed by atoms with Crippen molar-refractivity contribution >= 4 is 43.2 Å². The van der Waals surface area contributed by atoms with E-state index in [-0.39, 0.29) is 15.7 Å². The number of carbonyl (C=O) groups excluding carboxylic acids is 1. The van der Waals surface area contributed by atoms with Crippen molar-refractivity contribution in [2.24, 2.45) is 5.11 Å². The van der Waals surface area contributed by atoms with Crippen molar-refractivity contribution < 1.29 is 35.3 Å².